The lowest BCUT2D eigenvalue weighted by atomic mass is 9.91. The Balaban J connectivity index is 1.90. The van der Waals surface area contributed by atoms with Gasteiger partial charge in [0.25, 0.3) is 0 Å². The number of piperidine rings is 1. The van der Waals surface area contributed by atoms with Crippen LogP contribution in [0.5, 0.6) is 0 Å². The van der Waals surface area contributed by atoms with Crippen LogP contribution in [0.2, 0.25) is 0 Å². The first-order valence-electron chi connectivity index (χ1n) is 8.09. The third-order valence-corrected chi connectivity index (χ3v) is 4.05. The normalized spacial score (nSPS) is 23.4. The van der Waals surface area contributed by atoms with Gasteiger partial charge in [-0.2, -0.15) is 0 Å². The molecule has 1 aromatic carbocycles. The minimum absolute atomic E-state index is 0.714. The largest absolute Gasteiger partial charge is 0.371 e. The highest BCUT2D eigenvalue weighted by Gasteiger charge is 2.21. The lowest BCUT2D eigenvalue weighted by Gasteiger charge is -2.36. The summed E-state index contributed by atoms with van der Waals surface area (Å²) in [6.07, 6.45) is 1.37. The molecule has 2 atom stereocenters. The molecule has 1 aliphatic rings. The van der Waals surface area contributed by atoms with Crippen molar-refractivity contribution in [2.24, 2.45) is 17.8 Å². The van der Waals surface area contributed by atoms with E-state index in [0.717, 1.165) is 24.9 Å². The van der Waals surface area contributed by atoms with E-state index in [1.165, 1.54) is 30.8 Å². The molecule has 20 heavy (non-hydrogen) atoms. The van der Waals surface area contributed by atoms with Gasteiger partial charge in [-0.1, -0.05) is 39.8 Å². The number of hydrogen-bond acceptors (Lipinski definition) is 2. The molecule has 0 radical (unpaired) electrons. The Bertz CT molecular complexity index is 386. The lowest BCUT2D eigenvalue weighted by Crippen LogP contribution is -2.38. The van der Waals surface area contributed by atoms with Crippen molar-refractivity contribution in [2.45, 2.75) is 40.7 Å². The molecule has 2 rings (SSSR count). The van der Waals surface area contributed by atoms with E-state index in [9.17, 15) is 0 Å². The lowest BCUT2D eigenvalue weighted by molar-refractivity contribution is 0.357. The zero-order valence-electron chi connectivity index (χ0n) is 13.5. The Morgan fingerprint density at radius 3 is 2.25 bits per heavy atom. The van der Waals surface area contributed by atoms with Crippen LogP contribution in [0.1, 0.15) is 39.7 Å². The predicted molar refractivity (Wildman–Crippen MR) is 88.1 cm³/mol. The maximum atomic E-state index is 3.50. The van der Waals surface area contributed by atoms with Gasteiger partial charge < -0.3 is 10.2 Å². The van der Waals surface area contributed by atoms with Crippen LogP contribution in [-0.4, -0.2) is 19.6 Å². The van der Waals surface area contributed by atoms with Gasteiger partial charge in [-0.3, -0.25) is 0 Å². The molecule has 1 fully saturated rings. The first-order valence-corrected chi connectivity index (χ1v) is 8.09. The van der Waals surface area contributed by atoms with E-state index in [1.54, 1.807) is 0 Å². The van der Waals surface area contributed by atoms with Crippen molar-refractivity contribution in [1.29, 1.82) is 0 Å². The number of hydrogen-bond donors (Lipinski definition) is 1. The Morgan fingerprint density at radius 1 is 1.10 bits per heavy atom. The number of nitrogens with zero attached hydrogens (tertiary/aromatic N) is 1. The van der Waals surface area contributed by atoms with Gasteiger partial charge in [-0.05, 0) is 48.4 Å². The van der Waals surface area contributed by atoms with E-state index in [1.807, 2.05) is 0 Å². The van der Waals surface area contributed by atoms with Crippen LogP contribution in [0, 0.1) is 17.8 Å². The Hall–Kier alpha value is -1.02. The van der Waals surface area contributed by atoms with Crippen molar-refractivity contribution in [1.82, 2.24) is 5.32 Å². The highest BCUT2D eigenvalue weighted by molar-refractivity contribution is 5.48. The molecule has 0 saturated carbocycles. The van der Waals surface area contributed by atoms with Crippen molar-refractivity contribution in [3.8, 4) is 0 Å². The van der Waals surface area contributed by atoms with Crippen LogP contribution >= 0.6 is 0 Å². The molecule has 0 bridgehead atoms. The van der Waals surface area contributed by atoms with E-state index < -0.39 is 0 Å². The van der Waals surface area contributed by atoms with Crippen molar-refractivity contribution < 1.29 is 0 Å². The van der Waals surface area contributed by atoms with Gasteiger partial charge in [0.05, 0.1) is 0 Å². The molecule has 2 heteroatoms. The third kappa shape index (κ3) is 4.52. The highest BCUT2D eigenvalue weighted by atomic mass is 15.1. The minimum Gasteiger partial charge on any atom is -0.371 e. The van der Waals surface area contributed by atoms with Crippen molar-refractivity contribution >= 4 is 5.69 Å². The van der Waals surface area contributed by atoms with Crippen molar-refractivity contribution in [3.05, 3.63) is 29.8 Å². The van der Waals surface area contributed by atoms with E-state index in [0.29, 0.717) is 5.92 Å². The number of nitrogens with one attached hydrogen (secondary N) is 1. The van der Waals surface area contributed by atoms with E-state index in [-0.39, 0.29) is 0 Å². The maximum absolute atomic E-state index is 3.50. The quantitative estimate of drug-likeness (QED) is 0.875. The highest BCUT2D eigenvalue weighted by Crippen LogP contribution is 2.26. The maximum Gasteiger partial charge on any atom is 0.0366 e. The summed E-state index contributed by atoms with van der Waals surface area (Å²) in [4.78, 5) is 2.55. The van der Waals surface area contributed by atoms with Gasteiger partial charge in [-0.25, -0.2) is 0 Å². The molecule has 2 nitrogen and oxygen atoms in total. The van der Waals surface area contributed by atoms with Crippen molar-refractivity contribution in [3.63, 3.8) is 0 Å². The van der Waals surface area contributed by atoms with Gasteiger partial charge in [-0.15, -0.1) is 0 Å². The van der Waals surface area contributed by atoms with Gasteiger partial charge >= 0.3 is 0 Å². The summed E-state index contributed by atoms with van der Waals surface area (Å²) >= 11 is 0. The molecular formula is C18H30N2. The van der Waals surface area contributed by atoms with Crippen molar-refractivity contribution in [2.75, 3.05) is 24.5 Å². The fourth-order valence-corrected chi connectivity index (χ4v) is 3.20. The second kappa shape index (κ2) is 7.12. The van der Waals surface area contributed by atoms with Gasteiger partial charge in [0.1, 0.15) is 0 Å². The summed E-state index contributed by atoms with van der Waals surface area (Å²) in [5, 5.41) is 3.50. The average Bonchev–Trinajstić information content (AvgIpc) is 2.38. The van der Waals surface area contributed by atoms with Crippen LogP contribution in [0.3, 0.4) is 0 Å². The molecule has 1 saturated heterocycles. The smallest absolute Gasteiger partial charge is 0.0366 e. The minimum atomic E-state index is 0.714. The zero-order chi connectivity index (χ0) is 14.5. The first-order chi connectivity index (χ1) is 9.54. The van der Waals surface area contributed by atoms with Crippen LogP contribution in [-0.2, 0) is 6.54 Å². The SMILES string of the molecule is CC(C)CNCc1ccc(N2CC(C)CC(C)C2)cc1. The van der Waals surface area contributed by atoms with E-state index >= 15 is 0 Å². The summed E-state index contributed by atoms with van der Waals surface area (Å²) in [5.41, 5.74) is 2.77. The van der Waals surface area contributed by atoms with E-state index in [2.05, 4.69) is 62.2 Å². The molecule has 0 spiro atoms. The molecule has 0 amide bonds. The summed E-state index contributed by atoms with van der Waals surface area (Å²) in [7, 11) is 0. The summed E-state index contributed by atoms with van der Waals surface area (Å²) in [5.74, 6) is 2.34. The van der Waals surface area contributed by atoms with E-state index in [4.69, 9.17) is 0 Å². The topological polar surface area (TPSA) is 15.3 Å². The standard InChI is InChI=1S/C18H30N2/c1-14(2)10-19-11-17-5-7-18(8-6-17)20-12-15(3)9-16(4)13-20/h5-8,14-16,19H,9-13H2,1-4H3. The Morgan fingerprint density at radius 2 is 1.70 bits per heavy atom. The molecule has 112 valence electrons. The van der Waals surface area contributed by atoms with Crippen LogP contribution in [0.25, 0.3) is 0 Å². The molecule has 2 unspecified atom stereocenters. The van der Waals surface area contributed by atoms with Gasteiger partial charge in [0.15, 0.2) is 0 Å². The number of rotatable bonds is 5. The second-order valence-corrected chi connectivity index (χ2v) is 7.04. The molecule has 1 N–H and O–H groups in total. The van der Waals surface area contributed by atoms with Crippen LogP contribution in [0.15, 0.2) is 24.3 Å². The molecule has 0 aliphatic carbocycles. The predicted octanol–water partition coefficient (Wildman–Crippen LogP) is 3.91. The van der Waals surface area contributed by atoms with Gasteiger partial charge in [0.2, 0.25) is 0 Å². The van der Waals surface area contributed by atoms with Gasteiger partial charge in [0, 0.05) is 25.3 Å². The average molecular weight is 274 g/mol. The first kappa shape index (κ1) is 15.4. The molecule has 1 aliphatic heterocycles. The Kier molecular flexibility index (Phi) is 5.47. The molecule has 1 aromatic rings. The Labute approximate surface area is 124 Å². The summed E-state index contributed by atoms with van der Waals surface area (Å²) in [6.45, 7) is 13.7. The monoisotopic (exact) mass is 274 g/mol. The number of anilines is 1. The fraction of sp³-hybridized carbons (Fsp3) is 0.667. The van der Waals surface area contributed by atoms with Crippen LogP contribution in [0.4, 0.5) is 5.69 Å². The number of benzene rings is 1. The molecular weight excluding hydrogens is 244 g/mol. The third-order valence-electron chi connectivity index (χ3n) is 4.05. The molecule has 0 aromatic heterocycles. The molecule has 1 heterocycles. The van der Waals surface area contributed by atoms with Crippen LogP contribution < -0.4 is 10.2 Å². The summed E-state index contributed by atoms with van der Waals surface area (Å²) < 4.78 is 0. The second-order valence-electron chi connectivity index (χ2n) is 7.04. The summed E-state index contributed by atoms with van der Waals surface area (Å²) in [6, 6.07) is 9.12. The fourth-order valence-electron chi connectivity index (χ4n) is 3.20. The zero-order valence-corrected chi connectivity index (χ0v) is 13.5.